The molecule has 1 amide bonds. The van der Waals surface area contributed by atoms with E-state index in [0.29, 0.717) is 19.8 Å². The minimum atomic E-state index is -0.492. The van der Waals surface area contributed by atoms with Crippen LogP contribution in [0.15, 0.2) is 18.2 Å². The van der Waals surface area contributed by atoms with Crippen LogP contribution in [0.2, 0.25) is 0 Å². The lowest BCUT2D eigenvalue weighted by Gasteiger charge is -2.17. The molecular weight excluding hydrogens is 304 g/mol. The summed E-state index contributed by atoms with van der Waals surface area (Å²) in [7, 11) is 1.63. The molecule has 1 rings (SSSR count). The Morgan fingerprint density at radius 2 is 2.00 bits per heavy atom. The lowest BCUT2D eigenvalue weighted by Crippen LogP contribution is -2.43. The van der Waals surface area contributed by atoms with E-state index in [-0.39, 0.29) is 24.2 Å². The van der Waals surface area contributed by atoms with Gasteiger partial charge in [0, 0.05) is 19.2 Å². The van der Waals surface area contributed by atoms with Gasteiger partial charge in [0.1, 0.15) is 12.4 Å². The van der Waals surface area contributed by atoms with Crippen LogP contribution in [0, 0.1) is 12.8 Å². The van der Waals surface area contributed by atoms with E-state index in [9.17, 15) is 4.79 Å². The van der Waals surface area contributed by atoms with Gasteiger partial charge in [0.25, 0.3) is 0 Å². The van der Waals surface area contributed by atoms with Crippen molar-refractivity contribution >= 4 is 18.3 Å². The molecule has 5 nitrogen and oxygen atoms in total. The molecule has 0 bridgehead atoms. The number of nitrogens with two attached hydrogens (primary N) is 1. The third-order valence-corrected chi connectivity index (χ3v) is 3.24. The van der Waals surface area contributed by atoms with Gasteiger partial charge in [-0.25, -0.2) is 0 Å². The van der Waals surface area contributed by atoms with E-state index >= 15 is 0 Å². The number of carbonyl (C=O) groups is 1. The summed E-state index contributed by atoms with van der Waals surface area (Å²) < 4.78 is 10.7. The number of nitrogens with one attached hydrogen (secondary N) is 1. The summed E-state index contributed by atoms with van der Waals surface area (Å²) in [6, 6.07) is 5.42. The number of carbonyl (C=O) groups excluding carboxylic acids is 1. The summed E-state index contributed by atoms with van der Waals surface area (Å²) >= 11 is 0. The minimum absolute atomic E-state index is 0. The van der Waals surface area contributed by atoms with Crippen LogP contribution in [0.5, 0.6) is 5.75 Å². The first-order valence-electron chi connectivity index (χ1n) is 7.20. The molecule has 0 radical (unpaired) electrons. The standard InChI is InChI=1S/C16H26N2O3.ClH/c1-11(2)15(17)16(19)18-10-13-6-5-12(3)9-14(13)21-8-7-20-4;/h5-6,9,11,15H,7-8,10,17H2,1-4H3,(H,18,19);1H/t15-;/m0./s1. The first kappa shape index (κ1) is 20.7. The number of methoxy groups -OCH3 is 1. The quantitative estimate of drug-likeness (QED) is 0.715. The first-order chi connectivity index (χ1) is 9.95. The molecule has 6 heteroatoms. The molecule has 3 N–H and O–H groups in total. The van der Waals surface area contributed by atoms with Crippen LogP contribution in [0.25, 0.3) is 0 Å². The Bertz CT molecular complexity index is 467. The fraction of sp³-hybridized carbons (Fsp3) is 0.562. The lowest BCUT2D eigenvalue weighted by molar-refractivity contribution is -0.123. The van der Waals surface area contributed by atoms with E-state index in [1.165, 1.54) is 0 Å². The molecule has 22 heavy (non-hydrogen) atoms. The molecular formula is C16H27ClN2O3. The number of amides is 1. The maximum absolute atomic E-state index is 11.9. The van der Waals surface area contributed by atoms with Crippen LogP contribution in [0.3, 0.4) is 0 Å². The topological polar surface area (TPSA) is 73.6 Å². The van der Waals surface area contributed by atoms with Crippen molar-refractivity contribution in [3.05, 3.63) is 29.3 Å². The zero-order chi connectivity index (χ0) is 15.8. The molecule has 0 aliphatic heterocycles. The molecule has 0 fully saturated rings. The van der Waals surface area contributed by atoms with Crippen LogP contribution in [0.4, 0.5) is 0 Å². The predicted octanol–water partition coefficient (Wildman–Crippen LogP) is 2.04. The van der Waals surface area contributed by atoms with Gasteiger partial charge in [-0.1, -0.05) is 26.0 Å². The Balaban J connectivity index is 0.00000441. The average Bonchev–Trinajstić information content (AvgIpc) is 2.45. The highest BCUT2D eigenvalue weighted by Crippen LogP contribution is 2.20. The third-order valence-electron chi connectivity index (χ3n) is 3.24. The maximum Gasteiger partial charge on any atom is 0.237 e. The highest BCUT2D eigenvalue weighted by atomic mass is 35.5. The van der Waals surface area contributed by atoms with Crippen LogP contribution < -0.4 is 15.8 Å². The molecule has 0 saturated carbocycles. The molecule has 0 spiro atoms. The summed E-state index contributed by atoms with van der Waals surface area (Å²) in [4.78, 5) is 11.9. The van der Waals surface area contributed by atoms with Crippen LogP contribution in [-0.4, -0.2) is 32.3 Å². The van der Waals surface area contributed by atoms with E-state index in [1.807, 2.05) is 39.0 Å². The molecule has 0 saturated heterocycles. The second kappa shape index (κ2) is 10.4. The third kappa shape index (κ3) is 6.64. The molecule has 0 unspecified atom stereocenters. The largest absolute Gasteiger partial charge is 0.491 e. The Morgan fingerprint density at radius 3 is 2.59 bits per heavy atom. The molecule has 0 aliphatic rings. The second-order valence-corrected chi connectivity index (χ2v) is 5.44. The van der Waals surface area contributed by atoms with Gasteiger partial charge >= 0.3 is 0 Å². The summed E-state index contributed by atoms with van der Waals surface area (Å²) in [5.41, 5.74) is 7.86. The van der Waals surface area contributed by atoms with Crippen molar-refractivity contribution in [3.8, 4) is 5.75 Å². The number of hydrogen-bond acceptors (Lipinski definition) is 4. The summed E-state index contributed by atoms with van der Waals surface area (Å²) in [6.07, 6.45) is 0. The Labute approximate surface area is 139 Å². The molecule has 0 heterocycles. The molecule has 0 aromatic heterocycles. The number of halogens is 1. The van der Waals surface area contributed by atoms with Gasteiger partial charge in [-0.2, -0.15) is 0 Å². The zero-order valence-corrected chi connectivity index (χ0v) is 14.5. The predicted molar refractivity (Wildman–Crippen MR) is 90.5 cm³/mol. The highest BCUT2D eigenvalue weighted by molar-refractivity contribution is 5.85. The van der Waals surface area contributed by atoms with Crippen LogP contribution in [0.1, 0.15) is 25.0 Å². The molecule has 126 valence electrons. The van der Waals surface area contributed by atoms with E-state index in [1.54, 1.807) is 7.11 Å². The van der Waals surface area contributed by atoms with Gasteiger partial charge in [0.15, 0.2) is 0 Å². The summed E-state index contributed by atoms with van der Waals surface area (Å²) in [5, 5.41) is 2.86. The van der Waals surface area contributed by atoms with Gasteiger partial charge in [-0.15, -0.1) is 12.4 Å². The van der Waals surface area contributed by atoms with E-state index in [0.717, 1.165) is 16.9 Å². The smallest absolute Gasteiger partial charge is 0.237 e. The zero-order valence-electron chi connectivity index (χ0n) is 13.7. The molecule has 1 aromatic rings. The maximum atomic E-state index is 11.9. The van der Waals surface area contributed by atoms with E-state index in [4.69, 9.17) is 15.2 Å². The van der Waals surface area contributed by atoms with Crippen molar-refractivity contribution in [2.45, 2.75) is 33.4 Å². The highest BCUT2D eigenvalue weighted by Gasteiger charge is 2.17. The number of benzene rings is 1. The first-order valence-corrected chi connectivity index (χ1v) is 7.20. The second-order valence-electron chi connectivity index (χ2n) is 5.44. The Hall–Kier alpha value is -1.30. The van der Waals surface area contributed by atoms with Crippen molar-refractivity contribution in [1.29, 1.82) is 0 Å². The van der Waals surface area contributed by atoms with Gasteiger partial charge in [0.2, 0.25) is 5.91 Å². The monoisotopic (exact) mass is 330 g/mol. The fourth-order valence-electron chi connectivity index (χ4n) is 1.78. The van der Waals surface area contributed by atoms with Crippen molar-refractivity contribution < 1.29 is 14.3 Å². The van der Waals surface area contributed by atoms with Crippen LogP contribution >= 0.6 is 12.4 Å². The van der Waals surface area contributed by atoms with Crippen molar-refractivity contribution in [1.82, 2.24) is 5.32 Å². The van der Waals surface area contributed by atoms with Gasteiger partial charge in [-0.05, 0) is 24.5 Å². The number of aryl methyl sites for hydroxylation is 1. The lowest BCUT2D eigenvalue weighted by atomic mass is 10.0. The normalized spacial score (nSPS) is 11.7. The molecule has 0 aliphatic carbocycles. The Morgan fingerprint density at radius 1 is 1.32 bits per heavy atom. The van der Waals surface area contributed by atoms with Crippen molar-refractivity contribution in [2.24, 2.45) is 11.7 Å². The fourth-order valence-corrected chi connectivity index (χ4v) is 1.78. The van der Waals surface area contributed by atoms with Gasteiger partial charge in [0.05, 0.1) is 12.6 Å². The van der Waals surface area contributed by atoms with Gasteiger partial charge in [-0.3, -0.25) is 4.79 Å². The van der Waals surface area contributed by atoms with Crippen LogP contribution in [-0.2, 0) is 16.1 Å². The van der Waals surface area contributed by atoms with E-state index in [2.05, 4.69) is 5.32 Å². The molecule has 1 aromatic carbocycles. The summed E-state index contributed by atoms with van der Waals surface area (Å²) in [6.45, 7) is 7.26. The number of ether oxygens (including phenoxy) is 2. The van der Waals surface area contributed by atoms with Crippen molar-refractivity contribution in [3.63, 3.8) is 0 Å². The molecule has 1 atom stereocenters. The van der Waals surface area contributed by atoms with Gasteiger partial charge < -0.3 is 20.5 Å². The minimum Gasteiger partial charge on any atom is -0.491 e. The van der Waals surface area contributed by atoms with Crippen molar-refractivity contribution in [2.75, 3.05) is 20.3 Å². The Kier molecular flexibility index (Phi) is 9.81. The van der Waals surface area contributed by atoms with E-state index < -0.39 is 6.04 Å². The summed E-state index contributed by atoms with van der Waals surface area (Å²) in [5.74, 6) is 0.735. The number of rotatable bonds is 8. The SMILES string of the molecule is COCCOc1cc(C)ccc1CNC(=O)[C@@H](N)C(C)C.Cl. The number of hydrogen-bond donors (Lipinski definition) is 2. The average molecular weight is 331 g/mol.